The lowest BCUT2D eigenvalue weighted by Crippen LogP contribution is -2.31. The molecule has 0 saturated heterocycles. The highest BCUT2D eigenvalue weighted by atomic mass is 79.9. The number of halogens is 1. The number of hydrogen-bond donors (Lipinski definition) is 1. The highest BCUT2D eigenvalue weighted by Gasteiger charge is 2.38. The molecule has 2 aliphatic rings. The maximum absolute atomic E-state index is 12.7. The number of carbonyl (C=O) groups is 1. The summed E-state index contributed by atoms with van der Waals surface area (Å²) in [5.74, 6) is 1.42. The molecule has 0 radical (unpaired) electrons. The van der Waals surface area contributed by atoms with E-state index in [4.69, 9.17) is 4.74 Å². The minimum absolute atomic E-state index is 0.136. The Hall–Kier alpha value is -2.22. The van der Waals surface area contributed by atoms with Crippen molar-refractivity contribution in [3.05, 3.63) is 39.5 Å². The molecular formula is C16H16BrN5O2. The molecular weight excluding hydrogens is 374 g/mol. The Bertz CT molecular complexity index is 845. The second kappa shape index (κ2) is 6.01. The number of nitrogens with zero attached hydrogens (tertiary/aromatic N) is 4. The zero-order chi connectivity index (χ0) is 16.7. The van der Waals surface area contributed by atoms with Gasteiger partial charge in [-0.1, -0.05) is 21.0 Å². The minimum Gasteiger partial charge on any atom is -0.494 e. The van der Waals surface area contributed by atoms with Gasteiger partial charge >= 0.3 is 0 Å². The Kier molecular flexibility index (Phi) is 3.84. The van der Waals surface area contributed by atoms with Gasteiger partial charge in [0.05, 0.1) is 6.61 Å². The van der Waals surface area contributed by atoms with Crippen molar-refractivity contribution in [1.29, 1.82) is 0 Å². The third kappa shape index (κ3) is 2.41. The van der Waals surface area contributed by atoms with E-state index in [1.165, 1.54) is 0 Å². The number of ketones is 1. The van der Waals surface area contributed by atoms with Crippen molar-refractivity contribution in [2.75, 3.05) is 11.9 Å². The highest BCUT2D eigenvalue weighted by molar-refractivity contribution is 9.10. The molecule has 1 aromatic carbocycles. The average Bonchev–Trinajstić information content (AvgIpc) is 3.03. The molecule has 8 heteroatoms. The number of benzene rings is 1. The number of allylic oxidation sites excluding steroid dienone is 2. The molecule has 1 N–H and O–H groups in total. The van der Waals surface area contributed by atoms with E-state index < -0.39 is 0 Å². The first-order chi connectivity index (χ1) is 11.7. The molecule has 2 heterocycles. The lowest BCUT2D eigenvalue weighted by atomic mass is 9.85. The van der Waals surface area contributed by atoms with E-state index in [2.05, 4.69) is 36.8 Å². The second-order valence-corrected chi connectivity index (χ2v) is 6.67. The molecule has 0 fully saturated rings. The SMILES string of the molecule is CCOc1ccc(Br)cc1C1C2=C(CCCC2=O)Nc2nnnn21. The summed E-state index contributed by atoms with van der Waals surface area (Å²) < 4.78 is 8.37. The second-order valence-electron chi connectivity index (χ2n) is 5.76. The summed E-state index contributed by atoms with van der Waals surface area (Å²) in [6, 6.07) is 5.42. The van der Waals surface area contributed by atoms with E-state index in [0.29, 0.717) is 19.0 Å². The molecule has 124 valence electrons. The molecule has 1 aliphatic heterocycles. The smallest absolute Gasteiger partial charge is 0.248 e. The topological polar surface area (TPSA) is 81.9 Å². The number of fused-ring (bicyclic) bond motifs is 1. The van der Waals surface area contributed by atoms with Crippen molar-refractivity contribution in [2.24, 2.45) is 0 Å². The van der Waals surface area contributed by atoms with Gasteiger partial charge in [0.25, 0.3) is 0 Å². The van der Waals surface area contributed by atoms with Gasteiger partial charge in [0, 0.05) is 27.7 Å². The number of nitrogens with one attached hydrogen (secondary N) is 1. The largest absolute Gasteiger partial charge is 0.494 e. The third-order valence-electron chi connectivity index (χ3n) is 4.30. The fourth-order valence-electron chi connectivity index (χ4n) is 3.32. The number of ether oxygens (including phenoxy) is 1. The first-order valence-corrected chi connectivity index (χ1v) is 8.71. The van der Waals surface area contributed by atoms with Crippen LogP contribution in [0.5, 0.6) is 5.75 Å². The van der Waals surface area contributed by atoms with E-state index in [0.717, 1.165) is 39.9 Å². The van der Waals surface area contributed by atoms with Crippen LogP contribution in [0.2, 0.25) is 0 Å². The maximum Gasteiger partial charge on any atom is 0.248 e. The van der Waals surface area contributed by atoms with Gasteiger partial charge in [0.1, 0.15) is 11.8 Å². The maximum atomic E-state index is 12.7. The van der Waals surface area contributed by atoms with E-state index in [1.54, 1.807) is 4.68 Å². The van der Waals surface area contributed by atoms with E-state index >= 15 is 0 Å². The predicted octanol–water partition coefficient (Wildman–Crippen LogP) is 2.86. The summed E-state index contributed by atoms with van der Waals surface area (Å²) >= 11 is 3.51. The van der Waals surface area contributed by atoms with Gasteiger partial charge in [0.2, 0.25) is 5.95 Å². The van der Waals surface area contributed by atoms with Crippen LogP contribution in [-0.4, -0.2) is 32.6 Å². The van der Waals surface area contributed by atoms with Crippen molar-refractivity contribution in [3.63, 3.8) is 0 Å². The van der Waals surface area contributed by atoms with Gasteiger partial charge in [-0.05, 0) is 48.4 Å². The van der Waals surface area contributed by atoms with Crippen molar-refractivity contribution in [2.45, 2.75) is 32.2 Å². The molecule has 0 bridgehead atoms. The Morgan fingerprint density at radius 3 is 3.12 bits per heavy atom. The molecule has 1 aromatic heterocycles. The first-order valence-electron chi connectivity index (χ1n) is 7.92. The number of anilines is 1. The van der Waals surface area contributed by atoms with Gasteiger partial charge in [-0.25, -0.2) is 0 Å². The summed E-state index contributed by atoms with van der Waals surface area (Å²) in [4.78, 5) is 12.7. The molecule has 4 rings (SSSR count). The Morgan fingerprint density at radius 2 is 2.29 bits per heavy atom. The van der Waals surface area contributed by atoms with Crippen LogP contribution in [-0.2, 0) is 4.79 Å². The standard InChI is InChI=1S/C16H16BrN5O2/c1-2-24-13-7-6-9(17)8-10(13)15-14-11(4-3-5-12(14)23)18-16-19-20-21-22(15)16/h6-8,15H,2-5H2,1H3,(H,18,19,21). The molecule has 2 aromatic rings. The van der Waals surface area contributed by atoms with Crippen molar-refractivity contribution in [3.8, 4) is 5.75 Å². The summed E-state index contributed by atoms with van der Waals surface area (Å²) in [5, 5.41) is 15.1. The summed E-state index contributed by atoms with van der Waals surface area (Å²) in [6.45, 7) is 2.48. The van der Waals surface area contributed by atoms with Crippen LogP contribution < -0.4 is 10.1 Å². The molecule has 0 saturated carbocycles. The molecule has 1 atom stereocenters. The predicted molar refractivity (Wildman–Crippen MR) is 90.8 cm³/mol. The Morgan fingerprint density at radius 1 is 1.42 bits per heavy atom. The fraction of sp³-hybridized carbons (Fsp3) is 0.375. The van der Waals surface area contributed by atoms with Gasteiger partial charge in [0.15, 0.2) is 5.78 Å². The van der Waals surface area contributed by atoms with Crippen molar-refractivity contribution in [1.82, 2.24) is 20.2 Å². The number of Topliss-reactive ketones (excluding diaryl/α,β-unsaturated/α-hetero) is 1. The fourth-order valence-corrected chi connectivity index (χ4v) is 3.70. The van der Waals surface area contributed by atoms with E-state index in [9.17, 15) is 4.79 Å². The van der Waals surface area contributed by atoms with Crippen LogP contribution in [0.4, 0.5) is 5.95 Å². The number of aromatic nitrogens is 4. The average molecular weight is 390 g/mol. The summed E-state index contributed by atoms with van der Waals surface area (Å²) in [5.41, 5.74) is 2.53. The van der Waals surface area contributed by atoms with Crippen LogP contribution in [0.15, 0.2) is 33.9 Å². The normalized spacial score (nSPS) is 19.6. The summed E-state index contributed by atoms with van der Waals surface area (Å²) in [6.07, 6.45) is 2.21. The molecule has 0 spiro atoms. The number of hydrogen-bond acceptors (Lipinski definition) is 6. The third-order valence-corrected chi connectivity index (χ3v) is 4.79. The van der Waals surface area contributed by atoms with Crippen LogP contribution in [0.25, 0.3) is 0 Å². The monoisotopic (exact) mass is 389 g/mol. The lowest BCUT2D eigenvalue weighted by molar-refractivity contribution is -0.116. The van der Waals surface area contributed by atoms with E-state index in [1.807, 2.05) is 25.1 Å². The van der Waals surface area contributed by atoms with Crippen molar-refractivity contribution >= 4 is 27.7 Å². The Labute approximate surface area is 147 Å². The molecule has 1 aliphatic carbocycles. The lowest BCUT2D eigenvalue weighted by Gasteiger charge is -2.32. The number of carbonyl (C=O) groups excluding carboxylic acids is 1. The minimum atomic E-state index is -0.377. The number of rotatable bonds is 3. The van der Waals surface area contributed by atoms with Crippen LogP contribution in [0.3, 0.4) is 0 Å². The van der Waals surface area contributed by atoms with Gasteiger partial charge in [-0.3, -0.25) is 4.79 Å². The zero-order valence-electron chi connectivity index (χ0n) is 13.1. The first kappa shape index (κ1) is 15.3. The molecule has 7 nitrogen and oxygen atoms in total. The van der Waals surface area contributed by atoms with E-state index in [-0.39, 0.29) is 11.8 Å². The van der Waals surface area contributed by atoms with Crippen LogP contribution >= 0.6 is 15.9 Å². The summed E-state index contributed by atoms with van der Waals surface area (Å²) in [7, 11) is 0. The molecule has 0 amide bonds. The number of tetrazole rings is 1. The Balaban J connectivity index is 1.94. The quantitative estimate of drug-likeness (QED) is 0.868. The van der Waals surface area contributed by atoms with Gasteiger partial charge < -0.3 is 10.1 Å². The van der Waals surface area contributed by atoms with Crippen LogP contribution in [0.1, 0.15) is 37.8 Å². The highest BCUT2D eigenvalue weighted by Crippen LogP contribution is 2.42. The van der Waals surface area contributed by atoms with Gasteiger partial charge in [-0.15, -0.1) is 0 Å². The van der Waals surface area contributed by atoms with Gasteiger partial charge in [-0.2, -0.15) is 4.68 Å². The van der Waals surface area contributed by atoms with Crippen molar-refractivity contribution < 1.29 is 9.53 Å². The van der Waals surface area contributed by atoms with Crippen LogP contribution in [0, 0.1) is 0 Å². The zero-order valence-corrected chi connectivity index (χ0v) is 14.7. The molecule has 1 unspecified atom stereocenters. The molecule has 24 heavy (non-hydrogen) atoms.